The molecule has 0 aromatic carbocycles. The van der Waals surface area contributed by atoms with Gasteiger partial charge in [0.05, 0.1) is 22.5 Å². The number of aromatic nitrogens is 1. The Kier molecular flexibility index (Phi) is 4.45. The van der Waals surface area contributed by atoms with Crippen molar-refractivity contribution in [2.24, 2.45) is 0 Å². The standard InChI is InChI=1S/C12H12Cl2N2OS/c1-16(6-9-2-3-11(14)18-9)12-4-8(7-17)10(13)5-15-12/h2-5,17H,6-7H2,1H3. The second-order valence-electron chi connectivity index (χ2n) is 3.85. The molecule has 0 amide bonds. The number of aliphatic hydroxyl groups is 1. The van der Waals surface area contributed by atoms with E-state index in [1.54, 1.807) is 23.6 Å². The van der Waals surface area contributed by atoms with Gasteiger partial charge in [0.1, 0.15) is 5.82 Å². The molecule has 2 rings (SSSR count). The maximum Gasteiger partial charge on any atom is 0.129 e. The predicted molar refractivity (Wildman–Crippen MR) is 76.6 cm³/mol. The van der Waals surface area contributed by atoms with Crippen LogP contribution in [0.5, 0.6) is 0 Å². The van der Waals surface area contributed by atoms with Crippen molar-refractivity contribution in [3.05, 3.63) is 44.2 Å². The third-order valence-corrected chi connectivity index (χ3v) is 4.06. The number of hydrogen-bond acceptors (Lipinski definition) is 4. The molecule has 96 valence electrons. The van der Waals surface area contributed by atoms with Gasteiger partial charge in [0.25, 0.3) is 0 Å². The molecule has 0 aliphatic heterocycles. The molecule has 0 aliphatic rings. The first-order valence-corrected chi connectivity index (χ1v) is 6.88. The van der Waals surface area contributed by atoms with E-state index in [9.17, 15) is 5.11 Å². The minimum absolute atomic E-state index is 0.0903. The third-order valence-electron chi connectivity index (χ3n) is 2.50. The van der Waals surface area contributed by atoms with E-state index >= 15 is 0 Å². The number of nitrogens with zero attached hydrogens (tertiary/aromatic N) is 2. The minimum atomic E-state index is -0.0903. The van der Waals surface area contributed by atoms with Crippen LogP contribution in [-0.4, -0.2) is 17.1 Å². The summed E-state index contributed by atoms with van der Waals surface area (Å²) < 4.78 is 0.776. The van der Waals surface area contributed by atoms with Crippen molar-refractivity contribution in [2.45, 2.75) is 13.2 Å². The SMILES string of the molecule is CN(Cc1ccc(Cl)s1)c1cc(CO)c(Cl)cn1. The van der Waals surface area contributed by atoms with Crippen molar-refractivity contribution in [1.29, 1.82) is 0 Å². The van der Waals surface area contributed by atoms with Crippen LogP contribution in [0.2, 0.25) is 9.36 Å². The molecule has 3 nitrogen and oxygen atoms in total. The van der Waals surface area contributed by atoms with Crippen molar-refractivity contribution >= 4 is 40.4 Å². The average molecular weight is 303 g/mol. The Labute approximate surface area is 120 Å². The molecular weight excluding hydrogens is 291 g/mol. The Balaban J connectivity index is 2.15. The van der Waals surface area contributed by atoms with Crippen LogP contribution in [0.3, 0.4) is 0 Å². The molecule has 1 N–H and O–H groups in total. The molecule has 0 unspecified atom stereocenters. The number of hydrogen-bond donors (Lipinski definition) is 1. The molecule has 2 aromatic heterocycles. The zero-order valence-corrected chi connectivity index (χ0v) is 12.1. The zero-order valence-electron chi connectivity index (χ0n) is 9.73. The van der Waals surface area contributed by atoms with E-state index in [1.807, 2.05) is 24.1 Å². The summed E-state index contributed by atoms with van der Waals surface area (Å²) in [4.78, 5) is 7.39. The van der Waals surface area contributed by atoms with Crippen molar-refractivity contribution in [2.75, 3.05) is 11.9 Å². The van der Waals surface area contributed by atoms with Gasteiger partial charge in [-0.3, -0.25) is 0 Å². The largest absolute Gasteiger partial charge is 0.392 e. The lowest BCUT2D eigenvalue weighted by Gasteiger charge is -2.18. The average Bonchev–Trinajstić information content (AvgIpc) is 2.75. The van der Waals surface area contributed by atoms with Gasteiger partial charge in [-0.1, -0.05) is 23.2 Å². The maximum atomic E-state index is 9.17. The van der Waals surface area contributed by atoms with Crippen LogP contribution in [0, 0.1) is 0 Å². The lowest BCUT2D eigenvalue weighted by Crippen LogP contribution is -2.17. The number of thiophene rings is 1. The Bertz CT molecular complexity index is 545. The smallest absolute Gasteiger partial charge is 0.129 e. The van der Waals surface area contributed by atoms with Gasteiger partial charge in [-0.15, -0.1) is 11.3 Å². The van der Waals surface area contributed by atoms with Crippen LogP contribution in [-0.2, 0) is 13.2 Å². The molecule has 0 bridgehead atoms. The molecule has 2 heterocycles. The molecular formula is C12H12Cl2N2OS. The van der Waals surface area contributed by atoms with Gasteiger partial charge in [-0.05, 0) is 18.2 Å². The Morgan fingerprint density at radius 3 is 2.78 bits per heavy atom. The van der Waals surface area contributed by atoms with E-state index < -0.39 is 0 Å². The maximum absolute atomic E-state index is 9.17. The normalized spacial score (nSPS) is 10.7. The lowest BCUT2D eigenvalue weighted by molar-refractivity contribution is 0.282. The minimum Gasteiger partial charge on any atom is -0.392 e. The van der Waals surface area contributed by atoms with E-state index in [0.717, 1.165) is 21.6 Å². The number of halogens is 2. The van der Waals surface area contributed by atoms with E-state index in [1.165, 1.54) is 0 Å². The quantitative estimate of drug-likeness (QED) is 0.938. The first-order chi connectivity index (χ1) is 8.60. The molecule has 0 saturated carbocycles. The van der Waals surface area contributed by atoms with Crippen LogP contribution in [0.1, 0.15) is 10.4 Å². The Morgan fingerprint density at radius 1 is 1.39 bits per heavy atom. The van der Waals surface area contributed by atoms with E-state index in [-0.39, 0.29) is 6.61 Å². The van der Waals surface area contributed by atoms with Crippen LogP contribution in [0.15, 0.2) is 24.4 Å². The number of rotatable bonds is 4. The van der Waals surface area contributed by atoms with Gasteiger partial charge in [0.15, 0.2) is 0 Å². The molecule has 0 fully saturated rings. The molecule has 0 spiro atoms. The van der Waals surface area contributed by atoms with Crippen LogP contribution < -0.4 is 4.90 Å². The molecule has 0 atom stereocenters. The van der Waals surface area contributed by atoms with Crippen LogP contribution in [0.4, 0.5) is 5.82 Å². The van der Waals surface area contributed by atoms with Gasteiger partial charge in [-0.25, -0.2) is 4.98 Å². The zero-order chi connectivity index (χ0) is 13.1. The van der Waals surface area contributed by atoms with E-state index in [4.69, 9.17) is 23.2 Å². The van der Waals surface area contributed by atoms with Crippen molar-refractivity contribution in [3.8, 4) is 0 Å². The van der Waals surface area contributed by atoms with Gasteiger partial charge in [0.2, 0.25) is 0 Å². The molecule has 6 heteroatoms. The van der Waals surface area contributed by atoms with E-state index in [0.29, 0.717) is 10.6 Å². The topological polar surface area (TPSA) is 36.4 Å². The summed E-state index contributed by atoms with van der Waals surface area (Å²) in [7, 11) is 1.94. The summed E-state index contributed by atoms with van der Waals surface area (Å²) in [6.07, 6.45) is 1.56. The number of aliphatic hydroxyl groups excluding tert-OH is 1. The second kappa shape index (κ2) is 5.89. The highest BCUT2D eigenvalue weighted by Gasteiger charge is 2.08. The van der Waals surface area contributed by atoms with Gasteiger partial charge in [-0.2, -0.15) is 0 Å². The van der Waals surface area contributed by atoms with Gasteiger partial charge in [0, 0.05) is 23.7 Å². The summed E-state index contributed by atoms with van der Waals surface area (Å²) in [5.41, 5.74) is 0.678. The molecule has 0 aliphatic carbocycles. The first kappa shape index (κ1) is 13.6. The predicted octanol–water partition coefficient (Wildman–Crippen LogP) is 3.58. The summed E-state index contributed by atoms with van der Waals surface area (Å²) in [6.45, 7) is 0.629. The van der Waals surface area contributed by atoms with E-state index in [2.05, 4.69) is 4.98 Å². The van der Waals surface area contributed by atoms with Crippen LogP contribution >= 0.6 is 34.5 Å². The first-order valence-electron chi connectivity index (χ1n) is 5.31. The second-order valence-corrected chi connectivity index (χ2v) is 6.06. The monoisotopic (exact) mass is 302 g/mol. The summed E-state index contributed by atoms with van der Waals surface area (Å²) >= 11 is 13.3. The van der Waals surface area contributed by atoms with Gasteiger partial charge >= 0.3 is 0 Å². The Morgan fingerprint density at radius 2 is 2.17 bits per heavy atom. The molecule has 0 radical (unpaired) electrons. The lowest BCUT2D eigenvalue weighted by atomic mass is 10.2. The fourth-order valence-electron chi connectivity index (χ4n) is 1.55. The molecule has 0 saturated heterocycles. The molecule has 2 aromatic rings. The van der Waals surface area contributed by atoms with Crippen LogP contribution in [0.25, 0.3) is 0 Å². The molecule has 18 heavy (non-hydrogen) atoms. The number of anilines is 1. The van der Waals surface area contributed by atoms with Gasteiger partial charge < -0.3 is 10.0 Å². The Hall–Kier alpha value is -0.810. The highest BCUT2D eigenvalue weighted by Crippen LogP contribution is 2.25. The van der Waals surface area contributed by atoms with Crippen molar-refractivity contribution < 1.29 is 5.11 Å². The summed E-state index contributed by atoms with van der Waals surface area (Å²) in [6, 6.07) is 5.66. The highest BCUT2D eigenvalue weighted by molar-refractivity contribution is 7.16. The van der Waals surface area contributed by atoms with Crippen molar-refractivity contribution in [1.82, 2.24) is 4.98 Å². The third kappa shape index (κ3) is 3.14. The fraction of sp³-hybridized carbons (Fsp3) is 0.250. The highest BCUT2D eigenvalue weighted by atomic mass is 35.5. The number of pyridine rings is 1. The summed E-state index contributed by atoms with van der Waals surface area (Å²) in [5.74, 6) is 0.771. The summed E-state index contributed by atoms with van der Waals surface area (Å²) in [5, 5.41) is 9.65. The fourth-order valence-corrected chi connectivity index (χ4v) is 2.85. The van der Waals surface area contributed by atoms with Crippen molar-refractivity contribution in [3.63, 3.8) is 0 Å².